The second kappa shape index (κ2) is 5.88. The number of hydrogen-bond acceptors (Lipinski definition) is 3. The monoisotopic (exact) mass is 319 g/mol. The third-order valence-electron chi connectivity index (χ3n) is 3.94. The van der Waals surface area contributed by atoms with Crippen molar-refractivity contribution in [3.05, 3.63) is 58.0 Å². The third-order valence-corrected chi connectivity index (χ3v) is 4.80. The first-order valence-corrected chi connectivity index (χ1v) is 7.70. The fraction of sp³-hybridized carbons (Fsp3) is 0.250. The lowest BCUT2D eigenvalue weighted by Gasteiger charge is -2.15. The fourth-order valence-electron chi connectivity index (χ4n) is 2.84. The Balaban J connectivity index is 1.84. The summed E-state index contributed by atoms with van der Waals surface area (Å²) in [5.41, 5.74) is 0.905. The average Bonchev–Trinajstić information content (AvgIpc) is 3.14. The molecule has 1 aromatic carbocycles. The van der Waals surface area contributed by atoms with Gasteiger partial charge in [-0.3, -0.25) is 9.59 Å². The lowest BCUT2D eigenvalue weighted by molar-refractivity contribution is -0.141. The number of amides is 1. The van der Waals surface area contributed by atoms with Crippen molar-refractivity contribution >= 4 is 23.2 Å². The van der Waals surface area contributed by atoms with Gasteiger partial charge in [-0.15, -0.1) is 11.3 Å². The van der Waals surface area contributed by atoms with Crippen LogP contribution in [0.15, 0.2) is 42.5 Å². The van der Waals surface area contributed by atoms with Gasteiger partial charge in [0.05, 0.1) is 10.8 Å². The van der Waals surface area contributed by atoms with Gasteiger partial charge in [0.25, 0.3) is 5.91 Å². The van der Waals surface area contributed by atoms with Crippen LogP contribution in [0.5, 0.6) is 0 Å². The molecular formula is C16H14FNO3S. The van der Waals surface area contributed by atoms with Crippen molar-refractivity contribution in [2.75, 3.05) is 13.1 Å². The molecule has 1 fully saturated rings. The van der Waals surface area contributed by atoms with Gasteiger partial charge in [-0.1, -0.05) is 30.3 Å². The molecule has 1 N–H and O–H groups in total. The molecule has 6 heteroatoms. The van der Waals surface area contributed by atoms with Gasteiger partial charge in [-0.2, -0.15) is 4.39 Å². The Morgan fingerprint density at radius 3 is 2.45 bits per heavy atom. The maximum absolute atomic E-state index is 13.1. The molecule has 1 amide bonds. The highest BCUT2D eigenvalue weighted by Gasteiger charge is 2.40. The molecule has 1 saturated heterocycles. The van der Waals surface area contributed by atoms with E-state index in [0.717, 1.165) is 16.9 Å². The summed E-state index contributed by atoms with van der Waals surface area (Å²) in [6.07, 6.45) is 0. The second-order valence-corrected chi connectivity index (χ2v) is 6.31. The number of carbonyl (C=O) groups excluding carboxylic acids is 1. The van der Waals surface area contributed by atoms with Crippen LogP contribution >= 0.6 is 11.3 Å². The fourth-order valence-corrected chi connectivity index (χ4v) is 3.54. The topological polar surface area (TPSA) is 57.6 Å². The number of aliphatic carboxylic acids is 1. The summed E-state index contributed by atoms with van der Waals surface area (Å²) in [5.74, 6) is -2.11. The van der Waals surface area contributed by atoms with Gasteiger partial charge in [0.1, 0.15) is 0 Å². The van der Waals surface area contributed by atoms with Gasteiger partial charge in [-0.25, -0.2) is 0 Å². The number of thiophene rings is 1. The standard InChI is InChI=1S/C16H14FNO3S/c17-14-7-6-13(22-14)15(19)18-8-11(12(9-18)16(20)21)10-4-2-1-3-5-10/h1-7,11-12H,8-9H2,(H,20,21)/t11-,12+/m0/s1. The van der Waals surface area contributed by atoms with Gasteiger partial charge in [0.2, 0.25) is 0 Å². The predicted octanol–water partition coefficient (Wildman–Crippen LogP) is 2.83. The number of likely N-dealkylation sites (tertiary alicyclic amines) is 1. The van der Waals surface area contributed by atoms with Crippen molar-refractivity contribution < 1.29 is 19.1 Å². The maximum Gasteiger partial charge on any atom is 0.308 e. The van der Waals surface area contributed by atoms with E-state index in [1.165, 1.54) is 17.0 Å². The maximum atomic E-state index is 13.1. The number of carboxylic acid groups (broad SMARTS) is 1. The van der Waals surface area contributed by atoms with Gasteiger partial charge in [0, 0.05) is 19.0 Å². The Bertz CT molecular complexity index is 700. The molecule has 1 aromatic heterocycles. The predicted molar refractivity (Wildman–Crippen MR) is 80.5 cm³/mol. The van der Waals surface area contributed by atoms with Crippen LogP contribution in [0.25, 0.3) is 0 Å². The van der Waals surface area contributed by atoms with Crippen LogP contribution in [0.1, 0.15) is 21.2 Å². The van der Waals surface area contributed by atoms with Crippen LogP contribution < -0.4 is 0 Å². The molecule has 22 heavy (non-hydrogen) atoms. The van der Waals surface area contributed by atoms with E-state index in [1.807, 2.05) is 30.3 Å². The van der Waals surface area contributed by atoms with Crippen molar-refractivity contribution in [2.24, 2.45) is 5.92 Å². The average molecular weight is 319 g/mol. The summed E-state index contributed by atoms with van der Waals surface area (Å²) in [5, 5.41) is 9.00. The third kappa shape index (κ3) is 2.74. The first kappa shape index (κ1) is 14.7. The second-order valence-electron chi connectivity index (χ2n) is 5.28. The molecule has 0 radical (unpaired) electrons. The van der Waals surface area contributed by atoms with Gasteiger partial charge >= 0.3 is 5.97 Å². The van der Waals surface area contributed by atoms with Crippen molar-refractivity contribution in [3.8, 4) is 0 Å². The van der Waals surface area contributed by atoms with Crippen molar-refractivity contribution in [1.82, 2.24) is 4.90 Å². The lowest BCUT2D eigenvalue weighted by Crippen LogP contribution is -2.29. The van der Waals surface area contributed by atoms with E-state index in [2.05, 4.69) is 0 Å². The Labute approximate surface area is 130 Å². The van der Waals surface area contributed by atoms with E-state index < -0.39 is 17.0 Å². The van der Waals surface area contributed by atoms with Gasteiger partial charge in [-0.05, 0) is 17.7 Å². The molecule has 2 heterocycles. The molecule has 0 spiro atoms. The summed E-state index contributed by atoms with van der Waals surface area (Å²) >= 11 is 0.784. The molecule has 3 rings (SSSR count). The Kier molecular flexibility index (Phi) is 3.94. The summed E-state index contributed by atoms with van der Waals surface area (Å²) in [4.78, 5) is 25.7. The van der Waals surface area contributed by atoms with E-state index in [4.69, 9.17) is 0 Å². The zero-order chi connectivity index (χ0) is 15.7. The molecule has 0 bridgehead atoms. The van der Waals surface area contributed by atoms with Crippen LogP contribution in [-0.2, 0) is 4.79 Å². The minimum Gasteiger partial charge on any atom is -0.481 e. The summed E-state index contributed by atoms with van der Waals surface area (Å²) in [6, 6.07) is 12.0. The summed E-state index contributed by atoms with van der Waals surface area (Å²) in [6.45, 7) is 0.479. The van der Waals surface area contributed by atoms with Gasteiger partial charge in [0.15, 0.2) is 5.13 Å². The Hall–Kier alpha value is -2.21. The first-order valence-electron chi connectivity index (χ1n) is 6.88. The highest BCUT2D eigenvalue weighted by atomic mass is 32.1. The zero-order valence-corrected chi connectivity index (χ0v) is 12.4. The highest BCUT2D eigenvalue weighted by molar-refractivity contribution is 7.12. The van der Waals surface area contributed by atoms with E-state index in [-0.39, 0.29) is 18.4 Å². The summed E-state index contributed by atoms with van der Waals surface area (Å²) in [7, 11) is 0. The molecule has 1 aliphatic rings. The lowest BCUT2D eigenvalue weighted by atomic mass is 9.89. The Morgan fingerprint density at radius 1 is 1.14 bits per heavy atom. The van der Waals surface area contributed by atoms with Crippen molar-refractivity contribution in [3.63, 3.8) is 0 Å². The normalized spacial score (nSPS) is 21.0. The number of halogens is 1. The number of rotatable bonds is 3. The minimum atomic E-state index is -0.915. The summed E-state index contributed by atoms with van der Waals surface area (Å²) < 4.78 is 13.1. The molecule has 1 aliphatic heterocycles. The quantitative estimate of drug-likeness (QED) is 0.946. The van der Waals surface area contributed by atoms with Crippen LogP contribution in [0.2, 0.25) is 0 Å². The number of nitrogens with zero attached hydrogens (tertiary/aromatic N) is 1. The molecule has 2 atom stereocenters. The minimum absolute atomic E-state index is 0.146. The Morgan fingerprint density at radius 2 is 1.86 bits per heavy atom. The van der Waals surface area contributed by atoms with Crippen molar-refractivity contribution in [2.45, 2.75) is 5.92 Å². The van der Waals surface area contributed by atoms with Crippen LogP contribution in [0, 0.1) is 11.0 Å². The molecule has 114 valence electrons. The number of carbonyl (C=O) groups is 2. The highest BCUT2D eigenvalue weighted by Crippen LogP contribution is 2.34. The zero-order valence-electron chi connectivity index (χ0n) is 11.6. The SMILES string of the molecule is O=C(O)[C@@H]1CN(C(=O)c2ccc(F)s2)C[C@H]1c1ccccc1. The molecule has 4 nitrogen and oxygen atoms in total. The number of carboxylic acids is 1. The molecule has 0 saturated carbocycles. The van der Waals surface area contributed by atoms with Gasteiger partial charge < -0.3 is 10.0 Å². The first-order chi connectivity index (χ1) is 10.6. The van der Waals surface area contributed by atoms with E-state index in [0.29, 0.717) is 11.4 Å². The molecular weight excluding hydrogens is 305 g/mol. The van der Waals surface area contributed by atoms with Crippen LogP contribution in [0.4, 0.5) is 4.39 Å². The van der Waals surface area contributed by atoms with E-state index >= 15 is 0 Å². The smallest absolute Gasteiger partial charge is 0.308 e. The van der Waals surface area contributed by atoms with E-state index in [9.17, 15) is 19.1 Å². The van der Waals surface area contributed by atoms with Crippen LogP contribution in [0.3, 0.4) is 0 Å². The molecule has 0 aliphatic carbocycles. The van der Waals surface area contributed by atoms with E-state index in [1.54, 1.807) is 0 Å². The van der Waals surface area contributed by atoms with Crippen LogP contribution in [-0.4, -0.2) is 35.0 Å². The number of hydrogen-bond donors (Lipinski definition) is 1. The molecule has 0 unspecified atom stereocenters. The molecule has 2 aromatic rings. The largest absolute Gasteiger partial charge is 0.481 e. The van der Waals surface area contributed by atoms with Crippen molar-refractivity contribution in [1.29, 1.82) is 0 Å². The number of benzene rings is 1.